The van der Waals surface area contributed by atoms with Crippen molar-refractivity contribution in [1.29, 1.82) is 0 Å². The van der Waals surface area contributed by atoms with Crippen LogP contribution in [0.4, 0.5) is 0 Å². The lowest BCUT2D eigenvalue weighted by atomic mass is 10.9. The molecule has 0 aromatic carbocycles. The van der Waals surface area contributed by atoms with Crippen molar-refractivity contribution >= 4 is 11.8 Å². The summed E-state index contributed by atoms with van der Waals surface area (Å²) < 4.78 is 0. The van der Waals surface area contributed by atoms with E-state index in [0.717, 1.165) is 11.5 Å². The Balaban J connectivity index is 0. The van der Waals surface area contributed by atoms with Gasteiger partial charge in [-0.15, -0.1) is 0 Å². The Kier molecular flexibility index (Phi) is 14.2. The van der Waals surface area contributed by atoms with Gasteiger partial charge in [-0.1, -0.05) is 0 Å². The first kappa shape index (κ1) is 11.1. The molecule has 0 aliphatic carbocycles. The van der Waals surface area contributed by atoms with E-state index in [1.807, 2.05) is 0 Å². The van der Waals surface area contributed by atoms with Gasteiger partial charge in [-0.05, 0) is 0 Å². The number of rotatable bonds is 4. The molecule has 0 aliphatic heterocycles. The summed E-state index contributed by atoms with van der Waals surface area (Å²) in [6.07, 6.45) is 0. The van der Waals surface area contributed by atoms with Crippen molar-refractivity contribution in [3.8, 4) is 0 Å². The highest BCUT2D eigenvalue weighted by atomic mass is 32.2. The minimum atomic E-state index is 0. The van der Waals surface area contributed by atoms with E-state index < -0.39 is 0 Å². The predicted molar refractivity (Wildman–Crippen MR) is 35.1 cm³/mol. The van der Waals surface area contributed by atoms with Crippen LogP contribution in [-0.4, -0.2) is 40.4 Å². The molecule has 52 valence electrons. The van der Waals surface area contributed by atoms with E-state index in [9.17, 15) is 0 Å². The largest absolute Gasteiger partial charge is 0.412 e. The van der Waals surface area contributed by atoms with Crippen LogP contribution in [-0.2, 0) is 0 Å². The molecule has 3 nitrogen and oxygen atoms in total. The molecule has 0 rings (SSSR count). The second kappa shape index (κ2) is 10.3. The molecule has 4 N–H and O–H groups in total. The molecular formula is C4H12O3S. The average Bonchev–Trinajstić information content (AvgIpc) is 1.69. The average molecular weight is 140 g/mol. The molecular weight excluding hydrogens is 128 g/mol. The van der Waals surface area contributed by atoms with Crippen molar-refractivity contribution in [3.05, 3.63) is 0 Å². The fraction of sp³-hybridized carbons (Fsp3) is 1.00. The summed E-state index contributed by atoms with van der Waals surface area (Å²) in [6, 6.07) is 0. The second-order valence-electron chi connectivity index (χ2n) is 1.06. The second-order valence-corrected chi connectivity index (χ2v) is 2.28. The van der Waals surface area contributed by atoms with E-state index in [2.05, 4.69) is 0 Å². The molecule has 0 amide bonds. The van der Waals surface area contributed by atoms with Crippen LogP contribution in [0.3, 0.4) is 0 Å². The van der Waals surface area contributed by atoms with Crippen LogP contribution in [0.5, 0.6) is 0 Å². The van der Waals surface area contributed by atoms with Crippen molar-refractivity contribution in [2.24, 2.45) is 0 Å². The number of hydrogen-bond donors (Lipinski definition) is 2. The quantitative estimate of drug-likeness (QED) is 0.486. The van der Waals surface area contributed by atoms with Gasteiger partial charge in [0.05, 0.1) is 13.2 Å². The summed E-state index contributed by atoms with van der Waals surface area (Å²) in [7, 11) is 0. The van der Waals surface area contributed by atoms with Gasteiger partial charge in [-0.3, -0.25) is 0 Å². The zero-order valence-electron chi connectivity index (χ0n) is 4.63. The Hall–Kier alpha value is 0.230. The normalized spacial score (nSPS) is 8.25. The van der Waals surface area contributed by atoms with Gasteiger partial charge < -0.3 is 15.7 Å². The Morgan fingerprint density at radius 3 is 1.62 bits per heavy atom. The number of aliphatic hydroxyl groups is 2. The molecule has 0 spiro atoms. The molecule has 0 atom stereocenters. The lowest BCUT2D eigenvalue weighted by Crippen LogP contribution is -1.91. The first-order valence-electron chi connectivity index (χ1n) is 2.21. The zero-order chi connectivity index (χ0) is 5.54. The Morgan fingerprint density at radius 1 is 1.00 bits per heavy atom. The Morgan fingerprint density at radius 2 is 1.38 bits per heavy atom. The summed E-state index contributed by atoms with van der Waals surface area (Å²) >= 11 is 1.55. The maximum Gasteiger partial charge on any atom is 0.0521 e. The van der Waals surface area contributed by atoms with Crippen molar-refractivity contribution in [2.75, 3.05) is 24.7 Å². The van der Waals surface area contributed by atoms with Crippen LogP contribution in [0, 0.1) is 0 Å². The smallest absolute Gasteiger partial charge is 0.0521 e. The van der Waals surface area contributed by atoms with Gasteiger partial charge in [0.15, 0.2) is 0 Å². The molecule has 0 saturated heterocycles. The number of hydrogen-bond acceptors (Lipinski definition) is 3. The van der Waals surface area contributed by atoms with Crippen LogP contribution in [0.2, 0.25) is 0 Å². The van der Waals surface area contributed by atoms with Crippen LogP contribution in [0.1, 0.15) is 0 Å². The molecule has 8 heavy (non-hydrogen) atoms. The summed E-state index contributed by atoms with van der Waals surface area (Å²) in [4.78, 5) is 0. The van der Waals surface area contributed by atoms with Crippen LogP contribution >= 0.6 is 11.8 Å². The molecule has 4 heteroatoms. The standard InChI is InChI=1S/C4H10O2S.H2O/c5-1-3-7-4-2-6;/h5-6H,1-4H2;1H2. The Bertz CT molecular complexity index is 30.5. The van der Waals surface area contributed by atoms with Crippen LogP contribution in [0.25, 0.3) is 0 Å². The third-order valence-corrected chi connectivity index (χ3v) is 1.41. The highest BCUT2D eigenvalue weighted by molar-refractivity contribution is 7.99. The fourth-order valence-corrected chi connectivity index (χ4v) is 0.693. The first-order chi connectivity index (χ1) is 3.41. The Labute approximate surface area is 53.0 Å². The zero-order valence-corrected chi connectivity index (χ0v) is 5.45. The van der Waals surface area contributed by atoms with Crippen molar-refractivity contribution < 1.29 is 15.7 Å². The third kappa shape index (κ3) is 9.52. The molecule has 0 fully saturated rings. The van der Waals surface area contributed by atoms with Crippen LogP contribution < -0.4 is 0 Å². The van der Waals surface area contributed by atoms with Gasteiger partial charge in [-0.25, -0.2) is 0 Å². The van der Waals surface area contributed by atoms with E-state index in [0.29, 0.717) is 0 Å². The lowest BCUT2D eigenvalue weighted by Gasteiger charge is -1.90. The summed E-state index contributed by atoms with van der Waals surface area (Å²) in [5.74, 6) is 1.47. The number of thioether (sulfide) groups is 1. The highest BCUT2D eigenvalue weighted by Gasteiger charge is 1.81. The summed E-state index contributed by atoms with van der Waals surface area (Å²) in [6.45, 7) is 0.426. The first-order valence-corrected chi connectivity index (χ1v) is 3.36. The van der Waals surface area contributed by atoms with Gasteiger partial charge in [0.1, 0.15) is 0 Å². The van der Waals surface area contributed by atoms with Gasteiger partial charge in [0.25, 0.3) is 0 Å². The van der Waals surface area contributed by atoms with Crippen molar-refractivity contribution in [1.82, 2.24) is 0 Å². The van der Waals surface area contributed by atoms with Crippen molar-refractivity contribution in [2.45, 2.75) is 0 Å². The highest BCUT2D eigenvalue weighted by Crippen LogP contribution is 1.94. The van der Waals surface area contributed by atoms with E-state index in [-0.39, 0.29) is 18.7 Å². The van der Waals surface area contributed by atoms with Crippen LogP contribution in [0.15, 0.2) is 0 Å². The van der Waals surface area contributed by atoms with E-state index in [1.165, 1.54) is 0 Å². The molecule has 0 heterocycles. The van der Waals surface area contributed by atoms with Gasteiger partial charge >= 0.3 is 0 Å². The number of aliphatic hydroxyl groups excluding tert-OH is 2. The lowest BCUT2D eigenvalue weighted by molar-refractivity contribution is 0.318. The van der Waals surface area contributed by atoms with E-state index in [1.54, 1.807) is 11.8 Å². The van der Waals surface area contributed by atoms with E-state index >= 15 is 0 Å². The molecule has 0 aliphatic rings. The van der Waals surface area contributed by atoms with Gasteiger partial charge in [0.2, 0.25) is 0 Å². The van der Waals surface area contributed by atoms with Gasteiger partial charge in [0, 0.05) is 11.5 Å². The molecule has 0 unspecified atom stereocenters. The topological polar surface area (TPSA) is 72.0 Å². The third-order valence-electron chi connectivity index (χ3n) is 0.471. The summed E-state index contributed by atoms with van der Waals surface area (Å²) in [5, 5.41) is 16.4. The summed E-state index contributed by atoms with van der Waals surface area (Å²) in [5.41, 5.74) is 0. The van der Waals surface area contributed by atoms with Gasteiger partial charge in [-0.2, -0.15) is 11.8 Å². The molecule has 0 saturated carbocycles. The molecule has 0 aromatic heterocycles. The fourth-order valence-electron chi connectivity index (χ4n) is 0.231. The molecule has 0 aromatic rings. The minimum Gasteiger partial charge on any atom is -0.412 e. The van der Waals surface area contributed by atoms with Crippen molar-refractivity contribution in [3.63, 3.8) is 0 Å². The van der Waals surface area contributed by atoms with E-state index in [4.69, 9.17) is 10.2 Å². The maximum atomic E-state index is 8.19. The molecule has 0 bridgehead atoms. The maximum absolute atomic E-state index is 8.19. The minimum absolute atomic E-state index is 0. The predicted octanol–water partition coefficient (Wildman–Crippen LogP) is -1.12. The SMILES string of the molecule is O.OCCSCCO. The molecule has 0 radical (unpaired) electrons. The monoisotopic (exact) mass is 140 g/mol.